The van der Waals surface area contributed by atoms with Crippen LogP contribution in [0.25, 0.3) is 0 Å². The average molecular weight is 266 g/mol. The molecule has 0 amide bonds. The molecular weight excluding hydrogens is 240 g/mol. The zero-order chi connectivity index (χ0) is 14.5. The summed E-state index contributed by atoms with van der Waals surface area (Å²) >= 11 is 0. The van der Waals surface area contributed by atoms with Crippen LogP contribution >= 0.6 is 0 Å². The maximum atomic E-state index is 10.3. The molecule has 1 aromatic carbocycles. The van der Waals surface area contributed by atoms with Crippen LogP contribution in [0.4, 0.5) is 0 Å². The summed E-state index contributed by atoms with van der Waals surface area (Å²) in [4.78, 5) is 10.3. The minimum absolute atomic E-state index is 0.246. The maximum absolute atomic E-state index is 10.3. The van der Waals surface area contributed by atoms with E-state index in [-0.39, 0.29) is 5.97 Å². The topological polar surface area (TPSA) is 35.5 Å². The molecule has 0 aliphatic rings. The van der Waals surface area contributed by atoms with Gasteiger partial charge in [0.1, 0.15) is 6.61 Å². The molecule has 0 fully saturated rings. The molecule has 108 valence electrons. The van der Waals surface area contributed by atoms with Crippen molar-refractivity contribution < 1.29 is 14.3 Å². The monoisotopic (exact) mass is 266 g/mol. The maximum Gasteiger partial charge on any atom is 0.302 e. The van der Waals surface area contributed by atoms with Crippen molar-refractivity contribution in [3.8, 4) is 0 Å². The van der Waals surface area contributed by atoms with E-state index < -0.39 is 0 Å². The zero-order valence-corrected chi connectivity index (χ0v) is 12.6. The molecule has 0 heterocycles. The van der Waals surface area contributed by atoms with E-state index in [0.717, 1.165) is 19.4 Å². The van der Waals surface area contributed by atoms with Crippen LogP contribution in [0, 0.1) is 13.8 Å². The third-order valence-electron chi connectivity index (χ3n) is 2.39. The Morgan fingerprint density at radius 3 is 1.95 bits per heavy atom. The molecule has 0 saturated carbocycles. The van der Waals surface area contributed by atoms with Crippen molar-refractivity contribution >= 4 is 5.97 Å². The number of hydrogen-bond acceptors (Lipinski definition) is 3. The second-order valence-electron chi connectivity index (χ2n) is 4.46. The summed E-state index contributed by atoms with van der Waals surface area (Å²) in [6.45, 7) is 9.34. The number of ether oxygens (including phenoxy) is 2. The number of carbonyl (C=O) groups is 1. The molecule has 1 rings (SSSR count). The summed E-state index contributed by atoms with van der Waals surface area (Å²) in [5.41, 5.74) is 2.66. The van der Waals surface area contributed by atoms with Crippen LogP contribution in [0.2, 0.25) is 0 Å². The number of hydrogen-bond donors (Lipinski definition) is 0. The Hall–Kier alpha value is -1.35. The lowest BCUT2D eigenvalue weighted by molar-refractivity contribution is -0.142. The first-order chi connectivity index (χ1) is 9.06. The Morgan fingerprint density at radius 2 is 1.53 bits per heavy atom. The standard InChI is InChI=1S/C8H16O3.C8H10/c1-3-4-5-10-6-7-11-8(2)9;1-7-3-5-8(2)6-4-7/h3-7H2,1-2H3;3-6H,1-2H3. The van der Waals surface area contributed by atoms with E-state index in [1.54, 1.807) is 0 Å². The van der Waals surface area contributed by atoms with E-state index in [9.17, 15) is 4.79 Å². The van der Waals surface area contributed by atoms with Crippen LogP contribution in [-0.4, -0.2) is 25.8 Å². The van der Waals surface area contributed by atoms with Gasteiger partial charge in [-0.2, -0.15) is 0 Å². The third-order valence-corrected chi connectivity index (χ3v) is 2.39. The number of aryl methyl sites for hydroxylation is 2. The molecule has 0 bridgehead atoms. The highest BCUT2D eigenvalue weighted by molar-refractivity contribution is 5.65. The van der Waals surface area contributed by atoms with Gasteiger partial charge in [-0.25, -0.2) is 0 Å². The lowest BCUT2D eigenvalue weighted by atomic mass is 10.2. The zero-order valence-electron chi connectivity index (χ0n) is 12.6. The molecular formula is C16H26O3. The Bertz CT molecular complexity index is 309. The minimum Gasteiger partial charge on any atom is -0.463 e. The Labute approximate surface area is 116 Å². The summed E-state index contributed by atoms with van der Waals surface area (Å²) < 4.78 is 9.81. The second-order valence-corrected chi connectivity index (χ2v) is 4.46. The molecule has 0 spiro atoms. The predicted molar refractivity (Wildman–Crippen MR) is 78.3 cm³/mol. The molecule has 0 radical (unpaired) electrons. The Kier molecular flexibility index (Phi) is 10.9. The minimum atomic E-state index is -0.246. The Morgan fingerprint density at radius 1 is 1.00 bits per heavy atom. The number of rotatable bonds is 6. The Balaban J connectivity index is 0.000000356. The lowest BCUT2D eigenvalue weighted by Crippen LogP contribution is -2.07. The quantitative estimate of drug-likeness (QED) is 0.582. The summed E-state index contributed by atoms with van der Waals surface area (Å²) in [6, 6.07) is 8.48. The van der Waals surface area contributed by atoms with Crippen LogP contribution in [0.1, 0.15) is 37.8 Å². The SMILES string of the molecule is CCCCOCCOC(C)=O.Cc1ccc(C)cc1. The number of benzene rings is 1. The molecule has 3 heteroatoms. The van der Waals surface area contributed by atoms with Gasteiger partial charge in [-0.15, -0.1) is 0 Å². The van der Waals surface area contributed by atoms with Crippen LogP contribution in [0.15, 0.2) is 24.3 Å². The highest BCUT2D eigenvalue weighted by atomic mass is 16.6. The highest BCUT2D eigenvalue weighted by Crippen LogP contribution is 1.99. The summed E-state index contributed by atoms with van der Waals surface area (Å²) in [6.07, 6.45) is 2.20. The van der Waals surface area contributed by atoms with E-state index in [0.29, 0.717) is 13.2 Å². The van der Waals surface area contributed by atoms with Gasteiger partial charge in [0.2, 0.25) is 0 Å². The van der Waals surface area contributed by atoms with Gasteiger partial charge in [-0.1, -0.05) is 48.7 Å². The summed E-state index contributed by atoms with van der Waals surface area (Å²) in [7, 11) is 0. The van der Waals surface area contributed by atoms with Gasteiger partial charge in [0.15, 0.2) is 0 Å². The van der Waals surface area contributed by atoms with Crippen molar-refractivity contribution in [3.63, 3.8) is 0 Å². The largest absolute Gasteiger partial charge is 0.463 e. The molecule has 1 aromatic rings. The number of unbranched alkanes of at least 4 members (excludes halogenated alkanes) is 1. The van der Waals surface area contributed by atoms with Crippen LogP contribution in [0.5, 0.6) is 0 Å². The van der Waals surface area contributed by atoms with Gasteiger partial charge in [0.25, 0.3) is 0 Å². The van der Waals surface area contributed by atoms with Crippen molar-refractivity contribution in [1.82, 2.24) is 0 Å². The number of carbonyl (C=O) groups excluding carboxylic acids is 1. The van der Waals surface area contributed by atoms with Crippen molar-refractivity contribution in [3.05, 3.63) is 35.4 Å². The van der Waals surface area contributed by atoms with E-state index in [1.165, 1.54) is 18.1 Å². The fourth-order valence-electron chi connectivity index (χ4n) is 1.23. The molecule has 0 unspecified atom stereocenters. The van der Waals surface area contributed by atoms with Crippen molar-refractivity contribution in [1.29, 1.82) is 0 Å². The first-order valence-electron chi connectivity index (χ1n) is 6.80. The second kappa shape index (κ2) is 11.7. The van der Waals surface area contributed by atoms with Crippen molar-refractivity contribution in [2.24, 2.45) is 0 Å². The lowest BCUT2D eigenvalue weighted by Gasteiger charge is -2.02. The van der Waals surface area contributed by atoms with Gasteiger partial charge in [-0.3, -0.25) is 4.79 Å². The molecule has 0 aliphatic carbocycles. The fourth-order valence-corrected chi connectivity index (χ4v) is 1.23. The molecule has 0 saturated heterocycles. The molecule has 0 aliphatic heterocycles. The first kappa shape index (κ1) is 17.6. The molecule has 19 heavy (non-hydrogen) atoms. The third kappa shape index (κ3) is 12.9. The molecule has 0 aromatic heterocycles. The van der Waals surface area contributed by atoms with Gasteiger partial charge in [-0.05, 0) is 20.3 Å². The predicted octanol–water partition coefficient (Wildman–Crippen LogP) is 3.67. The molecule has 0 atom stereocenters. The number of esters is 1. The van der Waals surface area contributed by atoms with Crippen LogP contribution in [0.3, 0.4) is 0 Å². The summed E-state index contributed by atoms with van der Waals surface area (Å²) in [5.74, 6) is -0.246. The average Bonchev–Trinajstić information content (AvgIpc) is 2.38. The van der Waals surface area contributed by atoms with Crippen LogP contribution in [-0.2, 0) is 14.3 Å². The summed E-state index contributed by atoms with van der Waals surface area (Å²) in [5, 5.41) is 0. The fraction of sp³-hybridized carbons (Fsp3) is 0.562. The van der Waals surface area contributed by atoms with E-state index in [2.05, 4.69) is 49.8 Å². The van der Waals surface area contributed by atoms with Gasteiger partial charge >= 0.3 is 5.97 Å². The molecule has 0 N–H and O–H groups in total. The van der Waals surface area contributed by atoms with E-state index >= 15 is 0 Å². The van der Waals surface area contributed by atoms with Crippen molar-refractivity contribution in [2.45, 2.75) is 40.5 Å². The van der Waals surface area contributed by atoms with Gasteiger partial charge in [0.05, 0.1) is 6.61 Å². The van der Waals surface area contributed by atoms with Crippen molar-refractivity contribution in [2.75, 3.05) is 19.8 Å². The highest BCUT2D eigenvalue weighted by Gasteiger charge is 1.91. The normalized spacial score (nSPS) is 9.47. The smallest absolute Gasteiger partial charge is 0.302 e. The molecule has 3 nitrogen and oxygen atoms in total. The van der Waals surface area contributed by atoms with Crippen LogP contribution < -0.4 is 0 Å². The first-order valence-corrected chi connectivity index (χ1v) is 6.80. The van der Waals surface area contributed by atoms with Gasteiger partial charge in [0, 0.05) is 13.5 Å². The van der Waals surface area contributed by atoms with E-state index in [4.69, 9.17) is 4.74 Å². The van der Waals surface area contributed by atoms with Gasteiger partial charge < -0.3 is 9.47 Å². The van der Waals surface area contributed by atoms with E-state index in [1.807, 2.05) is 0 Å².